The van der Waals surface area contributed by atoms with Crippen LogP contribution in [-0.2, 0) is 14.3 Å². The van der Waals surface area contributed by atoms with Crippen molar-refractivity contribution in [3.8, 4) is 0 Å². The van der Waals surface area contributed by atoms with Crippen LogP contribution in [-0.4, -0.2) is 69.1 Å². The van der Waals surface area contributed by atoms with Crippen LogP contribution in [0.5, 0.6) is 0 Å². The quantitative estimate of drug-likeness (QED) is 0.0518. The zero-order valence-corrected chi connectivity index (χ0v) is 28.3. The summed E-state index contributed by atoms with van der Waals surface area (Å²) in [7, 11) is 0. The van der Waals surface area contributed by atoms with Gasteiger partial charge in [-0.25, -0.2) is 4.79 Å². The van der Waals surface area contributed by atoms with E-state index in [9.17, 15) is 25.2 Å². The molecule has 0 aromatic rings. The molecular weight excluding hydrogens is 556 g/mol. The highest BCUT2D eigenvalue weighted by Gasteiger charge is 2.34. The molecule has 2 aliphatic rings. The van der Waals surface area contributed by atoms with Crippen LogP contribution >= 0.6 is 0 Å². The second-order valence-electron chi connectivity index (χ2n) is 13.8. The minimum absolute atomic E-state index is 0.126. The van der Waals surface area contributed by atoms with E-state index >= 15 is 0 Å². The maximum absolute atomic E-state index is 11.7. The first-order valence-corrected chi connectivity index (χ1v) is 18.6. The zero-order chi connectivity index (χ0) is 32.0. The molecule has 1 saturated heterocycles. The first-order valence-electron chi connectivity index (χ1n) is 18.6. The number of cyclic esters (lactones) is 1. The smallest absolute Gasteiger partial charge is 0.334 e. The SMILES string of the molecule is CCCCCCCCCCCC[C@@H](O)[C@@H]1CC[C@@H]([C@@H](O)CCCCCC[C@H](O)CCCCC[C@@H](O)CC2=C[C@H](C)OC2=O)O1. The number of carbonyl (C=O) groups excluding carboxylic acids is 1. The van der Waals surface area contributed by atoms with Gasteiger partial charge in [0.15, 0.2) is 0 Å². The molecule has 7 heteroatoms. The maximum atomic E-state index is 11.7. The molecule has 2 aliphatic heterocycles. The number of ether oxygens (including phenoxy) is 2. The Morgan fingerprint density at radius 1 is 0.636 bits per heavy atom. The Morgan fingerprint density at radius 3 is 1.50 bits per heavy atom. The molecule has 7 atom stereocenters. The predicted molar refractivity (Wildman–Crippen MR) is 177 cm³/mol. The molecule has 0 aromatic heterocycles. The number of hydrogen-bond donors (Lipinski definition) is 4. The Morgan fingerprint density at radius 2 is 1.05 bits per heavy atom. The fourth-order valence-corrected chi connectivity index (χ4v) is 6.77. The van der Waals surface area contributed by atoms with Crippen molar-refractivity contribution in [2.75, 3.05) is 0 Å². The summed E-state index contributed by atoms with van der Waals surface area (Å²) in [5, 5.41) is 41.7. The lowest BCUT2D eigenvalue weighted by molar-refractivity contribution is -0.139. The fourth-order valence-electron chi connectivity index (χ4n) is 6.77. The molecular formula is C37H68O7. The summed E-state index contributed by atoms with van der Waals surface area (Å²) in [6.07, 6.45) is 25.3. The number of aliphatic hydroxyl groups is 4. The predicted octanol–water partition coefficient (Wildman–Crippen LogP) is 7.84. The van der Waals surface area contributed by atoms with Crippen molar-refractivity contribution < 1.29 is 34.7 Å². The van der Waals surface area contributed by atoms with E-state index in [1.165, 1.54) is 57.8 Å². The van der Waals surface area contributed by atoms with E-state index in [1.54, 1.807) is 6.08 Å². The van der Waals surface area contributed by atoms with E-state index in [0.717, 1.165) is 89.9 Å². The van der Waals surface area contributed by atoms with Gasteiger partial charge in [-0.2, -0.15) is 0 Å². The van der Waals surface area contributed by atoms with E-state index in [2.05, 4.69) is 6.92 Å². The lowest BCUT2D eigenvalue weighted by atomic mass is 9.99. The normalized spacial score (nSPS) is 23.0. The Hall–Kier alpha value is -0.990. The number of aliphatic hydroxyl groups excluding tert-OH is 4. The summed E-state index contributed by atoms with van der Waals surface area (Å²) in [6, 6.07) is 0. The van der Waals surface area contributed by atoms with Gasteiger partial charge in [0.25, 0.3) is 0 Å². The van der Waals surface area contributed by atoms with E-state index in [0.29, 0.717) is 18.4 Å². The molecule has 1 fully saturated rings. The highest BCUT2D eigenvalue weighted by atomic mass is 16.5. The molecule has 0 unspecified atom stereocenters. The minimum atomic E-state index is -0.519. The molecule has 44 heavy (non-hydrogen) atoms. The fraction of sp³-hybridized carbons (Fsp3) is 0.919. The van der Waals surface area contributed by atoms with Crippen molar-refractivity contribution in [3.05, 3.63) is 11.6 Å². The molecule has 0 saturated carbocycles. The third-order valence-corrected chi connectivity index (χ3v) is 9.61. The number of carbonyl (C=O) groups is 1. The van der Waals surface area contributed by atoms with Crippen molar-refractivity contribution in [3.63, 3.8) is 0 Å². The van der Waals surface area contributed by atoms with Crippen LogP contribution in [0.2, 0.25) is 0 Å². The van der Waals surface area contributed by atoms with Gasteiger partial charge in [0.05, 0.1) is 36.6 Å². The number of hydrogen-bond acceptors (Lipinski definition) is 7. The first-order chi connectivity index (χ1) is 21.3. The molecule has 0 aliphatic carbocycles. The van der Waals surface area contributed by atoms with Crippen LogP contribution in [0.25, 0.3) is 0 Å². The van der Waals surface area contributed by atoms with Crippen molar-refractivity contribution in [1.82, 2.24) is 0 Å². The Balaban J connectivity index is 1.38. The summed E-state index contributed by atoms with van der Waals surface area (Å²) >= 11 is 0. The van der Waals surface area contributed by atoms with Crippen LogP contribution in [0.4, 0.5) is 0 Å². The summed E-state index contributed by atoms with van der Waals surface area (Å²) in [5.41, 5.74) is 0.584. The van der Waals surface area contributed by atoms with Gasteiger partial charge in [0, 0.05) is 12.0 Å². The van der Waals surface area contributed by atoms with Gasteiger partial charge in [-0.05, 0) is 57.9 Å². The van der Waals surface area contributed by atoms with E-state index in [1.807, 2.05) is 6.92 Å². The second-order valence-corrected chi connectivity index (χ2v) is 13.8. The summed E-state index contributed by atoms with van der Waals surface area (Å²) in [5.74, 6) is -0.308. The molecule has 4 N–H and O–H groups in total. The maximum Gasteiger partial charge on any atom is 0.334 e. The molecule has 0 aromatic carbocycles. The van der Waals surface area contributed by atoms with Gasteiger partial charge in [-0.15, -0.1) is 0 Å². The highest BCUT2D eigenvalue weighted by Crippen LogP contribution is 2.28. The van der Waals surface area contributed by atoms with E-state index in [4.69, 9.17) is 9.47 Å². The summed E-state index contributed by atoms with van der Waals surface area (Å²) in [4.78, 5) is 11.7. The average Bonchev–Trinajstić information content (AvgIpc) is 3.61. The Bertz CT molecular complexity index is 756. The average molecular weight is 625 g/mol. The summed E-state index contributed by atoms with van der Waals surface area (Å²) in [6.45, 7) is 4.08. The molecule has 0 radical (unpaired) electrons. The number of esters is 1. The summed E-state index contributed by atoms with van der Waals surface area (Å²) < 4.78 is 11.1. The van der Waals surface area contributed by atoms with Crippen LogP contribution in [0.3, 0.4) is 0 Å². The van der Waals surface area contributed by atoms with E-state index in [-0.39, 0.29) is 30.4 Å². The molecule has 0 amide bonds. The second kappa shape index (κ2) is 24.2. The van der Waals surface area contributed by atoms with Gasteiger partial charge in [0.1, 0.15) is 6.10 Å². The van der Waals surface area contributed by atoms with Gasteiger partial charge in [-0.1, -0.05) is 116 Å². The minimum Gasteiger partial charge on any atom is -0.455 e. The largest absolute Gasteiger partial charge is 0.455 e. The molecule has 0 spiro atoms. The molecule has 2 rings (SSSR count). The third kappa shape index (κ3) is 17.6. The van der Waals surface area contributed by atoms with Crippen molar-refractivity contribution >= 4 is 5.97 Å². The highest BCUT2D eigenvalue weighted by molar-refractivity contribution is 5.90. The number of unbranched alkanes of at least 4 members (excludes halogenated alkanes) is 14. The topological polar surface area (TPSA) is 116 Å². The lowest BCUT2D eigenvalue weighted by Crippen LogP contribution is -2.31. The van der Waals surface area contributed by atoms with E-state index < -0.39 is 18.3 Å². The van der Waals surface area contributed by atoms with Crippen molar-refractivity contribution in [2.24, 2.45) is 0 Å². The first kappa shape index (κ1) is 39.2. The number of rotatable bonds is 28. The van der Waals surface area contributed by atoms with Gasteiger partial charge in [0.2, 0.25) is 0 Å². The monoisotopic (exact) mass is 624 g/mol. The Kier molecular flexibility index (Phi) is 21.6. The van der Waals surface area contributed by atoms with Crippen LogP contribution in [0, 0.1) is 0 Å². The molecule has 2 heterocycles. The zero-order valence-electron chi connectivity index (χ0n) is 28.3. The van der Waals surface area contributed by atoms with Crippen LogP contribution < -0.4 is 0 Å². The third-order valence-electron chi connectivity index (χ3n) is 9.61. The molecule has 7 nitrogen and oxygen atoms in total. The van der Waals surface area contributed by atoms with Crippen molar-refractivity contribution in [1.29, 1.82) is 0 Å². The molecule has 258 valence electrons. The van der Waals surface area contributed by atoms with Gasteiger partial charge < -0.3 is 29.9 Å². The Labute approximate surface area is 269 Å². The van der Waals surface area contributed by atoms with Crippen LogP contribution in [0.1, 0.15) is 174 Å². The van der Waals surface area contributed by atoms with Gasteiger partial charge in [-0.3, -0.25) is 0 Å². The standard InChI is InChI=1S/C37H68O7/c1-3-4-5-6-7-8-9-10-11-18-23-33(40)35-25-26-36(44-35)34(41)24-19-13-12-15-20-31(38)21-16-14-17-22-32(39)28-30-27-29(2)43-37(30)42/h27,29,31-36,38-41H,3-26,28H2,1-2H3/t29-,31-,32+,33+,34-,35-,36-/m0/s1. The van der Waals surface area contributed by atoms with Crippen molar-refractivity contribution in [2.45, 2.75) is 217 Å². The van der Waals surface area contributed by atoms with Gasteiger partial charge >= 0.3 is 5.97 Å². The lowest BCUT2D eigenvalue weighted by Gasteiger charge is -2.22. The van der Waals surface area contributed by atoms with Crippen LogP contribution in [0.15, 0.2) is 11.6 Å². The molecule has 0 bridgehead atoms.